The number of nitrogen functional groups attached to an aromatic ring is 1. The molecule has 0 saturated heterocycles. The second kappa shape index (κ2) is 10.1. The van der Waals surface area contributed by atoms with Crippen molar-refractivity contribution in [3.63, 3.8) is 0 Å². The fourth-order valence-electron chi connectivity index (χ4n) is 3.11. The van der Waals surface area contributed by atoms with E-state index in [9.17, 15) is 4.79 Å². The predicted molar refractivity (Wildman–Crippen MR) is 126 cm³/mol. The van der Waals surface area contributed by atoms with E-state index in [2.05, 4.69) is 69.6 Å². The van der Waals surface area contributed by atoms with Crippen molar-refractivity contribution < 1.29 is 4.79 Å². The number of halogens is 1. The van der Waals surface area contributed by atoms with Gasteiger partial charge in [-0.15, -0.1) is 10.2 Å². The molecule has 1 amide bonds. The Bertz CT molecular complexity index is 1000. The van der Waals surface area contributed by atoms with Crippen molar-refractivity contribution in [2.45, 2.75) is 38.4 Å². The van der Waals surface area contributed by atoms with Crippen LogP contribution in [0.5, 0.6) is 0 Å². The predicted octanol–water partition coefficient (Wildman–Crippen LogP) is 4.59. The van der Waals surface area contributed by atoms with Gasteiger partial charge >= 0.3 is 0 Å². The monoisotopic (exact) mass is 487 g/mol. The Morgan fingerprint density at radius 2 is 1.83 bits per heavy atom. The van der Waals surface area contributed by atoms with Crippen LogP contribution in [0.15, 0.2) is 58.2 Å². The fourth-order valence-corrected chi connectivity index (χ4v) is 4.24. The van der Waals surface area contributed by atoms with E-state index >= 15 is 0 Å². The van der Waals surface area contributed by atoms with Gasteiger partial charge in [0.15, 0.2) is 5.82 Å². The Kier molecular flexibility index (Phi) is 7.55. The Hall–Kier alpha value is -2.32. The summed E-state index contributed by atoms with van der Waals surface area (Å²) in [4.78, 5) is 12.4. The molecule has 0 aliphatic heterocycles. The number of aromatic nitrogens is 3. The Morgan fingerprint density at radius 3 is 2.50 bits per heavy atom. The minimum Gasteiger partial charge on any atom is -0.349 e. The van der Waals surface area contributed by atoms with E-state index in [0.29, 0.717) is 16.9 Å². The third-order valence-electron chi connectivity index (χ3n) is 4.61. The summed E-state index contributed by atoms with van der Waals surface area (Å²) >= 11 is 4.76. The summed E-state index contributed by atoms with van der Waals surface area (Å²) in [7, 11) is 0. The highest BCUT2D eigenvalue weighted by Gasteiger charge is 2.16. The minimum atomic E-state index is -0.0794. The molecule has 1 aromatic heterocycles. The number of nitrogens with zero attached hydrogens (tertiary/aromatic N) is 3. The first kappa shape index (κ1) is 22.4. The fraction of sp³-hybridized carbons (Fsp3) is 0.318. The number of nitrogens with one attached hydrogen (secondary N) is 1. The van der Waals surface area contributed by atoms with Crippen LogP contribution >= 0.6 is 27.7 Å². The number of thioether (sulfide) groups is 1. The first-order valence-corrected chi connectivity index (χ1v) is 11.6. The van der Waals surface area contributed by atoms with Crippen molar-refractivity contribution in [3.05, 3.63) is 64.1 Å². The van der Waals surface area contributed by atoms with E-state index in [1.807, 2.05) is 31.2 Å². The molecule has 30 heavy (non-hydrogen) atoms. The molecule has 1 atom stereocenters. The van der Waals surface area contributed by atoms with Crippen LogP contribution in [0.25, 0.3) is 11.4 Å². The molecule has 1 unspecified atom stereocenters. The summed E-state index contributed by atoms with van der Waals surface area (Å²) in [6, 6.07) is 16.0. The van der Waals surface area contributed by atoms with E-state index in [1.165, 1.54) is 22.0 Å². The number of hydrogen-bond acceptors (Lipinski definition) is 5. The lowest BCUT2D eigenvalue weighted by molar-refractivity contribution is -0.119. The van der Waals surface area contributed by atoms with E-state index in [4.69, 9.17) is 5.84 Å². The van der Waals surface area contributed by atoms with E-state index < -0.39 is 0 Å². The summed E-state index contributed by atoms with van der Waals surface area (Å²) in [5.74, 6) is 7.44. The van der Waals surface area contributed by atoms with Gasteiger partial charge in [0.25, 0.3) is 0 Å². The lowest BCUT2D eigenvalue weighted by atomic mass is 10.00. The second-order valence-electron chi connectivity index (χ2n) is 7.57. The maximum atomic E-state index is 12.4. The molecule has 3 rings (SSSR count). The van der Waals surface area contributed by atoms with Gasteiger partial charge < -0.3 is 11.2 Å². The van der Waals surface area contributed by atoms with Crippen LogP contribution in [-0.2, 0) is 11.2 Å². The molecule has 0 radical (unpaired) electrons. The first-order chi connectivity index (χ1) is 14.3. The van der Waals surface area contributed by atoms with Crippen molar-refractivity contribution in [3.8, 4) is 11.4 Å². The molecule has 3 N–H and O–H groups in total. The molecule has 0 fully saturated rings. The number of rotatable bonds is 8. The molecule has 1 heterocycles. The summed E-state index contributed by atoms with van der Waals surface area (Å²) in [6.07, 6.45) is 1.05. The topological polar surface area (TPSA) is 85.8 Å². The Balaban J connectivity index is 1.56. The van der Waals surface area contributed by atoms with Crippen LogP contribution in [0.3, 0.4) is 0 Å². The third kappa shape index (κ3) is 5.64. The largest absolute Gasteiger partial charge is 0.349 e. The van der Waals surface area contributed by atoms with Gasteiger partial charge in [-0.25, -0.2) is 4.68 Å². The number of carbonyl (C=O) groups excluding carboxylic acids is 1. The van der Waals surface area contributed by atoms with Crippen molar-refractivity contribution in [1.29, 1.82) is 0 Å². The van der Waals surface area contributed by atoms with Gasteiger partial charge in [0, 0.05) is 10.0 Å². The normalized spacial score (nSPS) is 12.2. The molecule has 6 nitrogen and oxygen atoms in total. The molecular weight excluding hydrogens is 462 g/mol. The van der Waals surface area contributed by atoms with Gasteiger partial charge in [-0.2, -0.15) is 0 Å². The van der Waals surface area contributed by atoms with Gasteiger partial charge in [-0.3, -0.25) is 4.79 Å². The molecule has 0 aliphatic carbocycles. The molecule has 0 aliphatic rings. The highest BCUT2D eigenvalue weighted by atomic mass is 79.9. The van der Waals surface area contributed by atoms with Gasteiger partial charge in [-0.1, -0.05) is 77.9 Å². The quantitative estimate of drug-likeness (QED) is 0.358. The molecule has 3 aromatic rings. The van der Waals surface area contributed by atoms with Crippen molar-refractivity contribution in [2.75, 3.05) is 11.6 Å². The zero-order valence-electron chi connectivity index (χ0n) is 17.3. The number of carbonyl (C=O) groups is 1. The standard InChI is InChI=1S/C22H26BrN5OS/c1-14(2)12-16-8-10-17(11-9-16)15(3)25-20(29)13-30-22-27-26-21(28(22)24)18-6-4-5-7-19(18)23/h4-11,14-15H,12-13,24H2,1-3H3,(H,25,29). The lowest BCUT2D eigenvalue weighted by Crippen LogP contribution is -2.28. The molecule has 0 spiro atoms. The molecule has 2 aromatic carbocycles. The van der Waals surface area contributed by atoms with Crippen molar-refractivity contribution >= 4 is 33.6 Å². The summed E-state index contributed by atoms with van der Waals surface area (Å²) in [5.41, 5.74) is 3.24. The van der Waals surface area contributed by atoms with Gasteiger partial charge in [0.05, 0.1) is 11.8 Å². The maximum absolute atomic E-state index is 12.4. The van der Waals surface area contributed by atoms with Crippen molar-refractivity contribution in [1.82, 2.24) is 20.2 Å². The summed E-state index contributed by atoms with van der Waals surface area (Å²) in [5, 5.41) is 11.8. The van der Waals surface area contributed by atoms with Crippen LogP contribution < -0.4 is 11.2 Å². The zero-order chi connectivity index (χ0) is 21.7. The van der Waals surface area contributed by atoms with Gasteiger partial charge in [0.2, 0.25) is 11.1 Å². The Labute approximate surface area is 189 Å². The molecule has 158 valence electrons. The Morgan fingerprint density at radius 1 is 1.13 bits per heavy atom. The van der Waals surface area contributed by atoms with Crippen LogP contribution in [0, 0.1) is 5.92 Å². The van der Waals surface area contributed by atoms with Gasteiger partial charge in [-0.05, 0) is 42.5 Å². The number of nitrogens with two attached hydrogens (primary N) is 1. The number of hydrogen-bond donors (Lipinski definition) is 2. The SMILES string of the molecule is CC(C)Cc1ccc(C(C)NC(=O)CSc2nnc(-c3ccccc3Br)n2N)cc1. The number of benzene rings is 2. The highest BCUT2D eigenvalue weighted by Crippen LogP contribution is 2.28. The molecule has 0 bridgehead atoms. The molecule has 8 heteroatoms. The highest BCUT2D eigenvalue weighted by molar-refractivity contribution is 9.10. The maximum Gasteiger partial charge on any atom is 0.230 e. The van der Waals surface area contributed by atoms with E-state index in [-0.39, 0.29) is 17.7 Å². The summed E-state index contributed by atoms with van der Waals surface area (Å²) < 4.78 is 2.29. The van der Waals surface area contributed by atoms with E-state index in [1.54, 1.807) is 0 Å². The smallest absolute Gasteiger partial charge is 0.230 e. The second-order valence-corrected chi connectivity index (χ2v) is 9.37. The van der Waals surface area contributed by atoms with Crippen LogP contribution in [0.4, 0.5) is 0 Å². The first-order valence-electron chi connectivity index (χ1n) is 9.81. The number of amides is 1. The average molecular weight is 488 g/mol. The summed E-state index contributed by atoms with van der Waals surface area (Å²) in [6.45, 7) is 6.40. The minimum absolute atomic E-state index is 0.0715. The van der Waals surface area contributed by atoms with Crippen molar-refractivity contribution in [2.24, 2.45) is 5.92 Å². The van der Waals surface area contributed by atoms with E-state index in [0.717, 1.165) is 22.0 Å². The molecule has 0 saturated carbocycles. The zero-order valence-corrected chi connectivity index (χ0v) is 19.7. The average Bonchev–Trinajstić information content (AvgIpc) is 3.07. The third-order valence-corrected chi connectivity index (χ3v) is 6.25. The molecular formula is C22H26BrN5OS. The van der Waals surface area contributed by atoms with Crippen LogP contribution in [0.1, 0.15) is 37.9 Å². The van der Waals surface area contributed by atoms with Crippen LogP contribution in [-0.4, -0.2) is 26.5 Å². The van der Waals surface area contributed by atoms with Crippen LogP contribution in [0.2, 0.25) is 0 Å². The lowest BCUT2D eigenvalue weighted by Gasteiger charge is -2.15. The van der Waals surface area contributed by atoms with Gasteiger partial charge in [0.1, 0.15) is 0 Å².